The van der Waals surface area contributed by atoms with Crippen LogP contribution in [0.3, 0.4) is 0 Å². The second-order valence-electron chi connectivity index (χ2n) is 4.79. The topological polar surface area (TPSA) is 42.9 Å². The van der Waals surface area contributed by atoms with Gasteiger partial charge in [0.2, 0.25) is 0 Å². The minimum atomic E-state index is 0.156. The number of rotatable bonds is 5. The van der Waals surface area contributed by atoms with Gasteiger partial charge in [0.25, 0.3) is 0 Å². The molecule has 1 heterocycles. The highest BCUT2D eigenvalue weighted by molar-refractivity contribution is 8.01. The van der Waals surface area contributed by atoms with Crippen molar-refractivity contribution < 1.29 is 4.79 Å². The molecule has 2 rings (SSSR count). The summed E-state index contributed by atoms with van der Waals surface area (Å²) in [7, 11) is 0. The molecule has 0 saturated heterocycles. The second kappa shape index (κ2) is 6.50. The Morgan fingerprint density at radius 3 is 2.55 bits per heavy atom. The van der Waals surface area contributed by atoms with Crippen LogP contribution in [0, 0.1) is 20.8 Å². The Morgan fingerprint density at radius 1 is 1.20 bits per heavy atom. The largest absolute Gasteiger partial charge is 0.293 e. The predicted octanol–water partition coefficient (Wildman–Crippen LogP) is 4.00. The van der Waals surface area contributed by atoms with Gasteiger partial charge in [-0.25, -0.2) is 4.98 Å². The number of benzene rings is 1. The molecule has 20 heavy (non-hydrogen) atoms. The van der Waals surface area contributed by atoms with Crippen molar-refractivity contribution in [2.75, 3.05) is 5.75 Å². The molecule has 1 aromatic carbocycles. The van der Waals surface area contributed by atoms with Crippen molar-refractivity contribution in [2.24, 2.45) is 0 Å². The van der Waals surface area contributed by atoms with Crippen LogP contribution in [0.5, 0.6) is 0 Å². The van der Waals surface area contributed by atoms with E-state index in [2.05, 4.69) is 22.3 Å². The van der Waals surface area contributed by atoms with Gasteiger partial charge in [-0.3, -0.25) is 4.79 Å². The minimum Gasteiger partial charge on any atom is -0.293 e. The molecule has 0 saturated carbocycles. The first-order chi connectivity index (χ1) is 9.51. The van der Waals surface area contributed by atoms with Gasteiger partial charge < -0.3 is 0 Å². The molecule has 5 heteroatoms. The van der Waals surface area contributed by atoms with E-state index in [0.717, 1.165) is 33.3 Å². The third kappa shape index (κ3) is 3.46. The number of Topliss-reactive ketones (excluding diaryl/α,β-unsaturated/α-hetero) is 1. The second-order valence-corrected chi connectivity index (χ2v) is 6.77. The highest BCUT2D eigenvalue weighted by Crippen LogP contribution is 2.23. The Labute approximate surface area is 128 Å². The average molecular weight is 306 g/mol. The van der Waals surface area contributed by atoms with Crippen molar-refractivity contribution in [1.29, 1.82) is 0 Å². The van der Waals surface area contributed by atoms with E-state index in [-0.39, 0.29) is 5.78 Å². The summed E-state index contributed by atoms with van der Waals surface area (Å²) in [5.41, 5.74) is 4.25. The van der Waals surface area contributed by atoms with E-state index in [1.807, 2.05) is 26.8 Å². The monoisotopic (exact) mass is 306 g/mol. The highest BCUT2D eigenvalue weighted by Gasteiger charge is 2.12. The molecule has 0 radical (unpaired) electrons. The molecule has 0 bridgehead atoms. The zero-order chi connectivity index (χ0) is 14.7. The van der Waals surface area contributed by atoms with Crippen LogP contribution in [0.25, 0.3) is 0 Å². The summed E-state index contributed by atoms with van der Waals surface area (Å²) >= 11 is 2.84. The first-order valence-corrected chi connectivity index (χ1v) is 8.33. The van der Waals surface area contributed by atoms with Crippen LogP contribution in [0.15, 0.2) is 16.5 Å². The number of nitrogens with zero attached hydrogens (tertiary/aromatic N) is 2. The average Bonchev–Trinajstić information content (AvgIpc) is 2.88. The van der Waals surface area contributed by atoms with Crippen LogP contribution in [-0.4, -0.2) is 20.9 Å². The van der Waals surface area contributed by atoms with Crippen LogP contribution in [-0.2, 0) is 6.42 Å². The van der Waals surface area contributed by atoms with Crippen molar-refractivity contribution in [2.45, 2.75) is 38.5 Å². The Balaban J connectivity index is 2.07. The lowest BCUT2D eigenvalue weighted by molar-refractivity contribution is 0.102. The molecule has 3 nitrogen and oxygen atoms in total. The predicted molar refractivity (Wildman–Crippen MR) is 85.0 cm³/mol. The van der Waals surface area contributed by atoms with Crippen molar-refractivity contribution >= 4 is 29.1 Å². The molecule has 0 spiro atoms. The van der Waals surface area contributed by atoms with Gasteiger partial charge in [-0.15, -0.1) is 0 Å². The van der Waals surface area contributed by atoms with Crippen molar-refractivity contribution in [3.63, 3.8) is 0 Å². The number of hydrogen-bond acceptors (Lipinski definition) is 5. The van der Waals surface area contributed by atoms with Gasteiger partial charge >= 0.3 is 0 Å². The van der Waals surface area contributed by atoms with Gasteiger partial charge in [-0.05, 0) is 55.1 Å². The first kappa shape index (κ1) is 15.2. The Bertz CT molecular complexity index is 635. The fourth-order valence-corrected chi connectivity index (χ4v) is 3.49. The molecule has 1 aromatic heterocycles. The summed E-state index contributed by atoms with van der Waals surface area (Å²) in [6, 6.07) is 4.07. The van der Waals surface area contributed by atoms with E-state index >= 15 is 0 Å². The van der Waals surface area contributed by atoms with Crippen molar-refractivity contribution in [1.82, 2.24) is 9.36 Å². The quantitative estimate of drug-likeness (QED) is 0.618. The normalized spacial score (nSPS) is 10.8. The third-order valence-corrected chi connectivity index (χ3v) is 5.10. The van der Waals surface area contributed by atoms with E-state index in [1.54, 1.807) is 0 Å². The molecule has 0 N–H and O–H groups in total. The zero-order valence-electron chi connectivity index (χ0n) is 12.2. The maximum absolute atomic E-state index is 12.3. The summed E-state index contributed by atoms with van der Waals surface area (Å²) in [4.78, 5) is 16.7. The molecular weight excluding hydrogens is 288 g/mol. The Hall–Kier alpha value is -1.20. The Kier molecular flexibility index (Phi) is 4.94. The lowest BCUT2D eigenvalue weighted by Crippen LogP contribution is -2.06. The number of carbonyl (C=O) groups excluding carboxylic acids is 1. The van der Waals surface area contributed by atoms with Gasteiger partial charge in [0.15, 0.2) is 10.1 Å². The number of thioether (sulfide) groups is 1. The Morgan fingerprint density at radius 2 is 1.90 bits per heavy atom. The molecule has 0 aliphatic rings. The number of ketones is 1. The molecule has 0 amide bonds. The number of aromatic nitrogens is 2. The molecule has 106 valence electrons. The smallest absolute Gasteiger partial charge is 0.173 e. The summed E-state index contributed by atoms with van der Waals surface area (Å²) in [6.07, 6.45) is 0.835. The number of carbonyl (C=O) groups is 1. The van der Waals surface area contributed by atoms with Crippen LogP contribution in [0.4, 0.5) is 0 Å². The molecule has 0 aliphatic heterocycles. The molecule has 0 aliphatic carbocycles. The molecular formula is C15H18N2OS2. The summed E-state index contributed by atoms with van der Waals surface area (Å²) in [5.74, 6) is 1.43. The molecule has 0 fully saturated rings. The summed E-state index contributed by atoms with van der Waals surface area (Å²) in [5, 5.41) is 0. The van der Waals surface area contributed by atoms with E-state index in [1.165, 1.54) is 28.9 Å². The minimum absolute atomic E-state index is 0.156. The highest BCUT2D eigenvalue weighted by atomic mass is 32.2. The SMILES string of the molecule is CCc1nsc(SCC(=O)c2cc(C)c(C)cc2C)n1. The number of hydrogen-bond donors (Lipinski definition) is 0. The van der Waals surface area contributed by atoms with Gasteiger partial charge in [-0.2, -0.15) is 4.37 Å². The molecule has 0 unspecified atom stereocenters. The van der Waals surface area contributed by atoms with Gasteiger partial charge in [0, 0.05) is 12.0 Å². The number of aryl methyl sites for hydroxylation is 4. The fraction of sp³-hybridized carbons (Fsp3) is 0.400. The van der Waals surface area contributed by atoms with Gasteiger partial charge in [-0.1, -0.05) is 24.8 Å². The van der Waals surface area contributed by atoms with E-state index < -0.39 is 0 Å². The lowest BCUT2D eigenvalue weighted by Gasteiger charge is -2.08. The maximum atomic E-state index is 12.3. The summed E-state index contributed by atoms with van der Waals surface area (Å²) < 4.78 is 5.10. The molecule has 0 atom stereocenters. The lowest BCUT2D eigenvalue weighted by atomic mass is 9.99. The van der Waals surface area contributed by atoms with E-state index in [0.29, 0.717) is 5.75 Å². The van der Waals surface area contributed by atoms with Crippen molar-refractivity contribution in [3.8, 4) is 0 Å². The van der Waals surface area contributed by atoms with E-state index in [4.69, 9.17) is 0 Å². The fourth-order valence-electron chi connectivity index (χ4n) is 1.91. The van der Waals surface area contributed by atoms with Gasteiger partial charge in [0.05, 0.1) is 5.75 Å². The third-order valence-electron chi connectivity index (χ3n) is 3.23. The standard InChI is InChI=1S/C15H18N2OS2/c1-5-14-16-15(20-17-14)19-8-13(18)12-7-10(3)9(2)6-11(12)4/h6-7H,5,8H2,1-4H3. The maximum Gasteiger partial charge on any atom is 0.173 e. The van der Waals surface area contributed by atoms with Crippen LogP contribution in [0.1, 0.15) is 39.8 Å². The van der Waals surface area contributed by atoms with Crippen molar-refractivity contribution in [3.05, 3.63) is 40.2 Å². The van der Waals surface area contributed by atoms with Crippen LogP contribution >= 0.6 is 23.3 Å². The van der Waals surface area contributed by atoms with Crippen LogP contribution in [0.2, 0.25) is 0 Å². The van der Waals surface area contributed by atoms with Crippen LogP contribution < -0.4 is 0 Å². The zero-order valence-corrected chi connectivity index (χ0v) is 13.8. The molecule has 2 aromatic rings. The van der Waals surface area contributed by atoms with Gasteiger partial charge in [0.1, 0.15) is 5.82 Å². The summed E-state index contributed by atoms with van der Waals surface area (Å²) in [6.45, 7) is 8.13. The first-order valence-electron chi connectivity index (χ1n) is 6.57. The van der Waals surface area contributed by atoms with E-state index in [9.17, 15) is 4.79 Å².